The second-order valence-electron chi connectivity index (χ2n) is 4.80. The van der Waals surface area contributed by atoms with Crippen molar-refractivity contribution in [1.29, 1.82) is 0 Å². The van der Waals surface area contributed by atoms with E-state index in [0.717, 1.165) is 11.3 Å². The van der Waals surface area contributed by atoms with Gasteiger partial charge in [-0.05, 0) is 43.8 Å². The molecule has 0 atom stereocenters. The topological polar surface area (TPSA) is 77.0 Å². The first-order valence-electron chi connectivity index (χ1n) is 8.17. The number of nitrogens with two attached hydrogens (primary N) is 1. The van der Waals surface area contributed by atoms with Gasteiger partial charge in [-0.3, -0.25) is 0 Å². The number of hydrogen-bond acceptors (Lipinski definition) is 5. The Bertz CT molecular complexity index is 662. The molecule has 1 aromatic heterocycles. The summed E-state index contributed by atoms with van der Waals surface area (Å²) >= 11 is 5.86. The van der Waals surface area contributed by atoms with Gasteiger partial charge in [-0.25, -0.2) is 0 Å². The Balaban J connectivity index is 0.000000730. The van der Waals surface area contributed by atoms with Gasteiger partial charge in [0.05, 0.1) is 6.42 Å². The van der Waals surface area contributed by atoms with Crippen LogP contribution in [0.4, 0.5) is 11.7 Å². The number of aromatic nitrogens is 2. The molecule has 134 valence electrons. The number of benzene rings is 2. The van der Waals surface area contributed by atoms with Crippen molar-refractivity contribution in [2.45, 2.75) is 27.2 Å². The second-order valence-corrected chi connectivity index (χ2v) is 5.23. The van der Waals surface area contributed by atoms with Crippen LogP contribution in [0.3, 0.4) is 0 Å². The van der Waals surface area contributed by atoms with Crippen LogP contribution in [0.1, 0.15) is 30.9 Å². The van der Waals surface area contributed by atoms with Crippen LogP contribution in [0.5, 0.6) is 0 Å². The normalized spacial score (nSPS) is 9.36. The third-order valence-corrected chi connectivity index (χ3v) is 3.29. The standard InChI is InChI=1S/C16H14ClN3O.C2H6.CH5N/c1-11-2-8-14(9-3-11)18-16-20-19-15(21-16)10-12-4-6-13(17)7-5-12;2*1-2/h2-9H,10H2,1H3,(H,18,20);1-2H3;2H2,1H3. The quantitative estimate of drug-likeness (QED) is 0.687. The van der Waals surface area contributed by atoms with Crippen molar-refractivity contribution in [2.75, 3.05) is 12.4 Å². The van der Waals surface area contributed by atoms with E-state index in [2.05, 4.69) is 21.2 Å². The average molecular weight is 361 g/mol. The van der Waals surface area contributed by atoms with Crippen LogP contribution in [0.25, 0.3) is 0 Å². The molecular weight excluding hydrogens is 336 g/mol. The highest BCUT2D eigenvalue weighted by molar-refractivity contribution is 6.30. The fraction of sp³-hybridized carbons (Fsp3) is 0.263. The summed E-state index contributed by atoms with van der Waals surface area (Å²) in [6.45, 7) is 6.04. The molecule has 0 fully saturated rings. The van der Waals surface area contributed by atoms with E-state index in [1.54, 1.807) is 0 Å². The number of nitrogens with one attached hydrogen (secondary N) is 1. The maximum atomic E-state index is 5.86. The molecule has 3 aromatic rings. The van der Waals surface area contributed by atoms with Crippen LogP contribution in [0.15, 0.2) is 52.9 Å². The Morgan fingerprint density at radius 2 is 1.56 bits per heavy atom. The lowest BCUT2D eigenvalue weighted by molar-refractivity contribution is 0.521. The van der Waals surface area contributed by atoms with Crippen molar-refractivity contribution >= 4 is 23.3 Å². The Morgan fingerprint density at radius 3 is 2.16 bits per heavy atom. The van der Waals surface area contributed by atoms with Gasteiger partial charge in [-0.1, -0.05) is 60.4 Å². The Kier molecular flexibility index (Phi) is 9.29. The van der Waals surface area contributed by atoms with Crippen molar-refractivity contribution in [3.05, 3.63) is 70.6 Å². The maximum Gasteiger partial charge on any atom is 0.320 e. The van der Waals surface area contributed by atoms with Crippen LogP contribution in [0.2, 0.25) is 5.02 Å². The van der Waals surface area contributed by atoms with E-state index in [9.17, 15) is 0 Å². The summed E-state index contributed by atoms with van der Waals surface area (Å²) < 4.78 is 5.59. The molecule has 3 rings (SSSR count). The molecule has 6 heteroatoms. The van der Waals surface area contributed by atoms with Gasteiger partial charge in [0.2, 0.25) is 5.89 Å². The number of halogens is 1. The molecule has 0 unspecified atom stereocenters. The summed E-state index contributed by atoms with van der Waals surface area (Å²) in [6, 6.07) is 16.0. The zero-order chi connectivity index (χ0) is 18.7. The fourth-order valence-electron chi connectivity index (χ4n) is 1.91. The highest BCUT2D eigenvalue weighted by Crippen LogP contribution is 2.18. The molecule has 0 radical (unpaired) electrons. The molecule has 25 heavy (non-hydrogen) atoms. The van der Waals surface area contributed by atoms with Gasteiger partial charge in [0.1, 0.15) is 0 Å². The zero-order valence-electron chi connectivity index (χ0n) is 15.1. The number of aryl methyl sites for hydroxylation is 1. The summed E-state index contributed by atoms with van der Waals surface area (Å²) in [5.41, 5.74) is 7.70. The third kappa shape index (κ3) is 6.95. The molecule has 0 spiro atoms. The number of anilines is 2. The van der Waals surface area contributed by atoms with E-state index in [-0.39, 0.29) is 0 Å². The van der Waals surface area contributed by atoms with E-state index in [1.165, 1.54) is 12.6 Å². The van der Waals surface area contributed by atoms with E-state index in [1.807, 2.05) is 69.3 Å². The Morgan fingerprint density at radius 1 is 0.960 bits per heavy atom. The van der Waals surface area contributed by atoms with Gasteiger partial charge < -0.3 is 15.5 Å². The Hall–Kier alpha value is -2.37. The van der Waals surface area contributed by atoms with Crippen LogP contribution in [-0.4, -0.2) is 17.2 Å². The molecule has 0 amide bonds. The van der Waals surface area contributed by atoms with Gasteiger partial charge in [-0.15, -0.1) is 5.10 Å². The third-order valence-electron chi connectivity index (χ3n) is 3.04. The summed E-state index contributed by atoms with van der Waals surface area (Å²) in [7, 11) is 1.50. The predicted octanol–water partition coefficient (Wildman–Crippen LogP) is 4.97. The first-order valence-corrected chi connectivity index (χ1v) is 8.55. The van der Waals surface area contributed by atoms with Crippen molar-refractivity contribution < 1.29 is 4.42 Å². The molecule has 0 saturated carbocycles. The van der Waals surface area contributed by atoms with Crippen LogP contribution < -0.4 is 11.1 Å². The van der Waals surface area contributed by atoms with Crippen molar-refractivity contribution in [3.8, 4) is 0 Å². The highest BCUT2D eigenvalue weighted by atomic mass is 35.5. The number of nitrogens with zero attached hydrogens (tertiary/aromatic N) is 2. The minimum atomic E-state index is 0.391. The van der Waals surface area contributed by atoms with E-state index < -0.39 is 0 Å². The Labute approximate surface area is 154 Å². The van der Waals surface area contributed by atoms with Crippen molar-refractivity contribution in [3.63, 3.8) is 0 Å². The maximum absolute atomic E-state index is 5.86. The minimum Gasteiger partial charge on any atom is -0.408 e. The lowest BCUT2D eigenvalue weighted by Gasteiger charge is -2.01. The molecule has 5 nitrogen and oxygen atoms in total. The second kappa shape index (κ2) is 11.2. The zero-order valence-corrected chi connectivity index (χ0v) is 15.8. The molecule has 2 aromatic carbocycles. The smallest absolute Gasteiger partial charge is 0.320 e. The molecule has 0 aliphatic rings. The fourth-order valence-corrected chi connectivity index (χ4v) is 2.04. The van der Waals surface area contributed by atoms with E-state index in [0.29, 0.717) is 23.3 Å². The largest absolute Gasteiger partial charge is 0.408 e. The van der Waals surface area contributed by atoms with E-state index in [4.69, 9.17) is 16.0 Å². The lowest BCUT2D eigenvalue weighted by atomic mass is 10.1. The predicted molar refractivity (Wildman–Crippen MR) is 104 cm³/mol. The summed E-state index contributed by atoms with van der Waals surface area (Å²) in [6.07, 6.45) is 0.583. The molecule has 3 N–H and O–H groups in total. The van der Waals surface area contributed by atoms with Gasteiger partial charge in [0.25, 0.3) is 0 Å². The highest BCUT2D eigenvalue weighted by Gasteiger charge is 2.07. The van der Waals surface area contributed by atoms with Gasteiger partial charge in [0.15, 0.2) is 0 Å². The summed E-state index contributed by atoms with van der Waals surface area (Å²) in [5, 5.41) is 11.8. The first-order chi connectivity index (χ1) is 12.2. The van der Waals surface area contributed by atoms with Crippen molar-refractivity contribution in [1.82, 2.24) is 10.2 Å². The molecule has 0 saturated heterocycles. The SMILES string of the molecule is CC.CN.Cc1ccc(Nc2nnc(Cc3ccc(Cl)cc3)o2)cc1. The first kappa shape index (κ1) is 20.7. The van der Waals surface area contributed by atoms with Gasteiger partial charge in [0, 0.05) is 10.7 Å². The average Bonchev–Trinajstić information content (AvgIpc) is 3.09. The molecule has 0 bridgehead atoms. The number of hydrogen-bond donors (Lipinski definition) is 2. The number of rotatable bonds is 4. The summed E-state index contributed by atoms with van der Waals surface area (Å²) in [5.74, 6) is 0.562. The molecule has 0 aliphatic heterocycles. The van der Waals surface area contributed by atoms with Crippen LogP contribution in [0, 0.1) is 6.92 Å². The van der Waals surface area contributed by atoms with Gasteiger partial charge in [-0.2, -0.15) is 0 Å². The molecule has 1 heterocycles. The van der Waals surface area contributed by atoms with E-state index >= 15 is 0 Å². The molecular formula is C19H25ClN4O. The minimum absolute atomic E-state index is 0.391. The van der Waals surface area contributed by atoms with Crippen LogP contribution in [-0.2, 0) is 6.42 Å². The lowest BCUT2D eigenvalue weighted by Crippen LogP contribution is -1.89. The summed E-state index contributed by atoms with van der Waals surface area (Å²) in [4.78, 5) is 0. The van der Waals surface area contributed by atoms with Gasteiger partial charge >= 0.3 is 6.01 Å². The molecule has 0 aliphatic carbocycles. The van der Waals surface area contributed by atoms with Crippen molar-refractivity contribution in [2.24, 2.45) is 5.73 Å². The monoisotopic (exact) mass is 360 g/mol. The van der Waals surface area contributed by atoms with Crippen LogP contribution >= 0.6 is 11.6 Å².